The summed E-state index contributed by atoms with van der Waals surface area (Å²) in [5.41, 5.74) is 2.82. The van der Waals surface area contributed by atoms with E-state index >= 15 is 0 Å². The van der Waals surface area contributed by atoms with Crippen LogP contribution in [0.2, 0.25) is 5.02 Å². The van der Waals surface area contributed by atoms with Crippen LogP contribution in [-0.4, -0.2) is 9.78 Å². The molecule has 1 aromatic carbocycles. The molecule has 0 amide bonds. The number of rotatable bonds is 4. The number of nitrogens with zero attached hydrogens (tertiary/aromatic N) is 2. The van der Waals surface area contributed by atoms with E-state index in [2.05, 4.69) is 10.4 Å². The summed E-state index contributed by atoms with van der Waals surface area (Å²) in [7, 11) is 1.87. The van der Waals surface area contributed by atoms with E-state index in [9.17, 15) is 4.39 Å². The molecule has 19 heavy (non-hydrogen) atoms. The van der Waals surface area contributed by atoms with E-state index in [4.69, 9.17) is 11.6 Å². The number of aromatic nitrogens is 2. The molecule has 2 aromatic rings. The fourth-order valence-electron chi connectivity index (χ4n) is 1.99. The summed E-state index contributed by atoms with van der Waals surface area (Å²) in [6, 6.07) is 6.61. The van der Waals surface area contributed by atoms with Gasteiger partial charge in [0, 0.05) is 19.6 Å². The number of hydrogen-bond acceptors (Lipinski definition) is 2. The number of halogens is 2. The Kier molecular flexibility index (Phi) is 4.22. The van der Waals surface area contributed by atoms with Gasteiger partial charge < -0.3 is 5.32 Å². The van der Waals surface area contributed by atoms with Crippen LogP contribution in [-0.2, 0) is 13.6 Å². The quantitative estimate of drug-likeness (QED) is 0.931. The van der Waals surface area contributed by atoms with Gasteiger partial charge in [-0.3, -0.25) is 4.68 Å². The molecular weight excluding hydrogens is 265 g/mol. The van der Waals surface area contributed by atoms with Gasteiger partial charge in [-0.2, -0.15) is 5.10 Å². The smallest absolute Gasteiger partial charge is 0.123 e. The maximum absolute atomic E-state index is 12.9. The van der Waals surface area contributed by atoms with Gasteiger partial charge in [-0.05, 0) is 31.5 Å². The molecule has 0 aliphatic heterocycles. The first-order valence-corrected chi connectivity index (χ1v) is 6.53. The Labute approximate surface area is 117 Å². The highest BCUT2D eigenvalue weighted by atomic mass is 35.5. The third-order valence-electron chi connectivity index (χ3n) is 3.21. The van der Waals surface area contributed by atoms with E-state index in [1.807, 2.05) is 20.9 Å². The highest BCUT2D eigenvalue weighted by Crippen LogP contribution is 2.20. The lowest BCUT2D eigenvalue weighted by Gasteiger charge is -2.14. The highest BCUT2D eigenvalue weighted by molar-refractivity contribution is 6.31. The molecule has 0 unspecified atom stereocenters. The van der Waals surface area contributed by atoms with Crippen molar-refractivity contribution in [3.8, 4) is 0 Å². The van der Waals surface area contributed by atoms with Crippen LogP contribution in [0.4, 0.5) is 4.39 Å². The Balaban J connectivity index is 2.04. The third-order valence-corrected chi connectivity index (χ3v) is 3.70. The van der Waals surface area contributed by atoms with E-state index < -0.39 is 0 Å². The summed E-state index contributed by atoms with van der Waals surface area (Å²) in [4.78, 5) is 0. The molecule has 0 aliphatic carbocycles. The van der Waals surface area contributed by atoms with Crippen LogP contribution in [0.3, 0.4) is 0 Å². The summed E-state index contributed by atoms with van der Waals surface area (Å²) >= 11 is 6.19. The molecule has 1 atom stereocenters. The number of hydrogen-bond donors (Lipinski definition) is 1. The first kappa shape index (κ1) is 14.0. The normalized spacial score (nSPS) is 12.7. The second kappa shape index (κ2) is 5.72. The van der Waals surface area contributed by atoms with E-state index in [0.717, 1.165) is 17.0 Å². The Morgan fingerprint density at radius 3 is 2.53 bits per heavy atom. The van der Waals surface area contributed by atoms with Crippen LogP contribution in [0.5, 0.6) is 0 Å². The van der Waals surface area contributed by atoms with Crippen molar-refractivity contribution < 1.29 is 4.39 Å². The molecule has 3 nitrogen and oxygen atoms in total. The van der Waals surface area contributed by atoms with Gasteiger partial charge >= 0.3 is 0 Å². The Morgan fingerprint density at radius 2 is 2.00 bits per heavy atom. The maximum atomic E-state index is 12.9. The zero-order valence-corrected chi connectivity index (χ0v) is 12.0. The predicted molar refractivity (Wildman–Crippen MR) is 74.6 cm³/mol. The SMILES string of the molecule is Cc1nn(C)c(CN[C@H](C)c2ccc(F)cc2)c1Cl. The van der Waals surface area contributed by atoms with Crippen molar-refractivity contribution in [3.05, 3.63) is 52.1 Å². The summed E-state index contributed by atoms with van der Waals surface area (Å²) in [6.45, 7) is 4.54. The Morgan fingerprint density at radius 1 is 1.37 bits per heavy atom. The molecular formula is C14H17ClFN3. The molecule has 102 valence electrons. The summed E-state index contributed by atoms with van der Waals surface area (Å²) in [5.74, 6) is -0.221. The van der Waals surface area contributed by atoms with Crippen molar-refractivity contribution in [1.29, 1.82) is 0 Å². The minimum atomic E-state index is -0.221. The minimum absolute atomic E-state index is 0.117. The Bertz CT molecular complexity index is 563. The van der Waals surface area contributed by atoms with Crippen molar-refractivity contribution in [3.63, 3.8) is 0 Å². The number of benzene rings is 1. The fourth-order valence-corrected chi connectivity index (χ4v) is 2.22. The molecule has 5 heteroatoms. The van der Waals surface area contributed by atoms with Crippen LogP contribution >= 0.6 is 11.6 Å². The van der Waals surface area contributed by atoms with Crippen molar-refractivity contribution >= 4 is 11.6 Å². The van der Waals surface area contributed by atoms with Gasteiger partial charge in [-0.25, -0.2) is 4.39 Å². The van der Waals surface area contributed by atoms with Crippen molar-refractivity contribution in [2.45, 2.75) is 26.4 Å². The largest absolute Gasteiger partial charge is 0.305 e. The second-order valence-electron chi connectivity index (χ2n) is 4.62. The van der Waals surface area contributed by atoms with Crippen LogP contribution < -0.4 is 5.32 Å². The summed E-state index contributed by atoms with van der Waals surface area (Å²) < 4.78 is 14.6. The molecule has 0 saturated heterocycles. The molecule has 2 rings (SSSR count). The van der Waals surface area contributed by atoms with Crippen molar-refractivity contribution in [2.24, 2.45) is 7.05 Å². The van der Waals surface area contributed by atoms with Crippen LogP contribution in [0.1, 0.15) is 29.9 Å². The summed E-state index contributed by atoms with van der Waals surface area (Å²) in [5, 5.41) is 8.33. The fraction of sp³-hybridized carbons (Fsp3) is 0.357. The zero-order valence-electron chi connectivity index (χ0n) is 11.2. The average molecular weight is 282 g/mol. The molecule has 0 aliphatic rings. The van der Waals surface area contributed by atoms with Gasteiger partial charge in [-0.1, -0.05) is 23.7 Å². The minimum Gasteiger partial charge on any atom is -0.305 e. The molecule has 0 radical (unpaired) electrons. The van der Waals surface area contributed by atoms with Gasteiger partial charge in [-0.15, -0.1) is 0 Å². The molecule has 1 N–H and O–H groups in total. The van der Waals surface area contributed by atoms with E-state index in [-0.39, 0.29) is 11.9 Å². The van der Waals surface area contributed by atoms with E-state index in [1.165, 1.54) is 12.1 Å². The molecule has 0 bridgehead atoms. The standard InChI is InChI=1S/C14H17ClFN3/c1-9(11-4-6-12(16)7-5-11)17-8-13-14(15)10(2)18-19(13)3/h4-7,9,17H,8H2,1-3H3/t9-/m1/s1. The molecule has 1 aromatic heterocycles. The van der Waals surface area contributed by atoms with E-state index in [1.54, 1.807) is 16.8 Å². The zero-order chi connectivity index (χ0) is 14.0. The van der Waals surface area contributed by atoms with Crippen LogP contribution in [0.15, 0.2) is 24.3 Å². The van der Waals surface area contributed by atoms with Crippen LogP contribution in [0, 0.1) is 12.7 Å². The predicted octanol–water partition coefficient (Wildman–Crippen LogP) is 3.37. The number of aryl methyl sites for hydroxylation is 2. The van der Waals surface area contributed by atoms with Gasteiger partial charge in [0.2, 0.25) is 0 Å². The van der Waals surface area contributed by atoms with Crippen LogP contribution in [0.25, 0.3) is 0 Å². The molecule has 0 saturated carbocycles. The maximum Gasteiger partial charge on any atom is 0.123 e. The first-order chi connectivity index (χ1) is 8.99. The molecule has 1 heterocycles. The first-order valence-electron chi connectivity index (χ1n) is 6.16. The van der Waals surface area contributed by atoms with Crippen molar-refractivity contribution in [2.75, 3.05) is 0 Å². The summed E-state index contributed by atoms with van der Waals surface area (Å²) in [6.07, 6.45) is 0. The lowest BCUT2D eigenvalue weighted by molar-refractivity contribution is 0.546. The Hall–Kier alpha value is -1.39. The van der Waals surface area contributed by atoms with Gasteiger partial charge in [0.05, 0.1) is 16.4 Å². The van der Waals surface area contributed by atoms with E-state index in [0.29, 0.717) is 11.6 Å². The van der Waals surface area contributed by atoms with Gasteiger partial charge in [0.25, 0.3) is 0 Å². The lowest BCUT2D eigenvalue weighted by Crippen LogP contribution is -2.20. The topological polar surface area (TPSA) is 29.9 Å². The number of nitrogens with one attached hydrogen (secondary N) is 1. The second-order valence-corrected chi connectivity index (χ2v) is 5.00. The lowest BCUT2D eigenvalue weighted by atomic mass is 10.1. The highest BCUT2D eigenvalue weighted by Gasteiger charge is 2.12. The third kappa shape index (κ3) is 3.14. The van der Waals surface area contributed by atoms with Crippen molar-refractivity contribution in [1.82, 2.24) is 15.1 Å². The van der Waals surface area contributed by atoms with Gasteiger partial charge in [0.1, 0.15) is 5.82 Å². The molecule has 0 fully saturated rings. The average Bonchev–Trinajstić information content (AvgIpc) is 2.62. The molecule has 0 spiro atoms. The monoisotopic (exact) mass is 281 g/mol. The van der Waals surface area contributed by atoms with Gasteiger partial charge in [0.15, 0.2) is 0 Å².